The molecule has 3 rings (SSSR count). The van der Waals surface area contributed by atoms with Crippen molar-refractivity contribution >= 4 is 29.4 Å². The Bertz CT molecular complexity index is 537. The van der Waals surface area contributed by atoms with E-state index in [1.165, 1.54) is 55.6 Å². The molecule has 2 aliphatic rings. The second-order valence-electron chi connectivity index (χ2n) is 7.06. The highest BCUT2D eigenvalue weighted by atomic mass is 32.2. The highest BCUT2D eigenvalue weighted by molar-refractivity contribution is 8.16. The molecule has 0 bridgehead atoms. The van der Waals surface area contributed by atoms with Gasteiger partial charge in [0.15, 0.2) is 6.61 Å². The van der Waals surface area contributed by atoms with Crippen molar-refractivity contribution in [2.24, 2.45) is 5.92 Å². The summed E-state index contributed by atoms with van der Waals surface area (Å²) < 4.78 is 6.26. The van der Waals surface area contributed by atoms with E-state index in [0.717, 1.165) is 12.3 Å². The molecule has 0 atom stereocenters. The van der Waals surface area contributed by atoms with Crippen LogP contribution in [0, 0.1) is 5.92 Å². The standard InChI is InChI=1S/C20H29NO2S2/c1-21(14-16-6-3-2-4-7-16)19(22)15-23-18-10-8-17(9-11-18)20-24-12-5-13-25-20/h8-11,16,20H,2-7,12-15H2,1H3. The first-order valence-electron chi connectivity index (χ1n) is 9.42. The lowest BCUT2D eigenvalue weighted by Gasteiger charge is -2.27. The number of hydrogen-bond donors (Lipinski definition) is 0. The normalized spacial score (nSPS) is 19.6. The Kier molecular flexibility index (Phi) is 7.41. The third kappa shape index (κ3) is 5.85. The smallest absolute Gasteiger partial charge is 0.260 e. The molecule has 0 N–H and O–H groups in total. The zero-order chi connectivity index (χ0) is 17.5. The first-order chi connectivity index (χ1) is 12.2. The summed E-state index contributed by atoms with van der Waals surface area (Å²) in [5.74, 6) is 4.03. The number of carbonyl (C=O) groups excluding carboxylic acids is 1. The molecule has 25 heavy (non-hydrogen) atoms. The highest BCUT2D eigenvalue weighted by Gasteiger charge is 2.19. The van der Waals surface area contributed by atoms with E-state index in [-0.39, 0.29) is 12.5 Å². The van der Waals surface area contributed by atoms with Gasteiger partial charge in [-0.3, -0.25) is 4.79 Å². The van der Waals surface area contributed by atoms with Crippen LogP contribution >= 0.6 is 23.5 Å². The van der Waals surface area contributed by atoms with Crippen LogP contribution in [0.3, 0.4) is 0 Å². The average Bonchev–Trinajstić information content (AvgIpc) is 2.68. The molecule has 0 radical (unpaired) electrons. The molecule has 2 fully saturated rings. The van der Waals surface area contributed by atoms with Gasteiger partial charge in [0, 0.05) is 13.6 Å². The maximum atomic E-state index is 12.3. The van der Waals surface area contributed by atoms with Gasteiger partial charge >= 0.3 is 0 Å². The van der Waals surface area contributed by atoms with Gasteiger partial charge in [-0.05, 0) is 54.4 Å². The first-order valence-corrected chi connectivity index (χ1v) is 11.5. The molecule has 1 aliphatic carbocycles. The number of nitrogens with zero attached hydrogens (tertiary/aromatic N) is 1. The Morgan fingerprint density at radius 2 is 1.76 bits per heavy atom. The Hall–Kier alpha value is -0.810. The van der Waals surface area contributed by atoms with E-state index in [2.05, 4.69) is 12.1 Å². The number of thioether (sulfide) groups is 2. The largest absolute Gasteiger partial charge is 0.484 e. The van der Waals surface area contributed by atoms with Crippen LogP contribution in [0.5, 0.6) is 5.75 Å². The summed E-state index contributed by atoms with van der Waals surface area (Å²) in [7, 11) is 1.90. The second kappa shape index (κ2) is 9.77. The van der Waals surface area contributed by atoms with Crippen LogP contribution in [0.2, 0.25) is 0 Å². The number of likely N-dealkylation sites (N-methyl/N-ethyl adjacent to an activating group) is 1. The Morgan fingerprint density at radius 3 is 2.44 bits per heavy atom. The van der Waals surface area contributed by atoms with E-state index in [9.17, 15) is 4.79 Å². The second-order valence-corrected chi connectivity index (χ2v) is 9.79. The molecule has 1 aromatic carbocycles. The Labute approximate surface area is 160 Å². The van der Waals surface area contributed by atoms with E-state index in [4.69, 9.17) is 4.74 Å². The van der Waals surface area contributed by atoms with Crippen LogP contribution < -0.4 is 4.74 Å². The lowest BCUT2D eigenvalue weighted by atomic mass is 9.89. The van der Waals surface area contributed by atoms with Crippen molar-refractivity contribution in [3.05, 3.63) is 29.8 Å². The number of carbonyl (C=O) groups is 1. The number of hydrogen-bond acceptors (Lipinski definition) is 4. The SMILES string of the molecule is CN(CC1CCCCC1)C(=O)COc1ccc(C2SCCCS2)cc1. The van der Waals surface area contributed by atoms with Crippen molar-refractivity contribution < 1.29 is 9.53 Å². The van der Waals surface area contributed by atoms with Crippen molar-refractivity contribution in [2.75, 3.05) is 31.7 Å². The molecule has 3 nitrogen and oxygen atoms in total. The van der Waals surface area contributed by atoms with Crippen molar-refractivity contribution in [1.82, 2.24) is 4.90 Å². The maximum Gasteiger partial charge on any atom is 0.260 e. The number of rotatable bonds is 6. The lowest BCUT2D eigenvalue weighted by molar-refractivity contribution is -0.132. The highest BCUT2D eigenvalue weighted by Crippen LogP contribution is 2.43. The van der Waals surface area contributed by atoms with Crippen LogP contribution in [-0.2, 0) is 4.79 Å². The molecular formula is C20H29NO2S2. The summed E-state index contributed by atoms with van der Waals surface area (Å²) in [5, 5.41) is 0. The molecule has 1 aromatic rings. The van der Waals surface area contributed by atoms with Gasteiger partial charge in [-0.1, -0.05) is 31.4 Å². The summed E-state index contributed by atoms with van der Waals surface area (Å²) in [4.78, 5) is 14.1. The van der Waals surface area contributed by atoms with E-state index in [1.54, 1.807) is 0 Å². The molecule has 138 valence electrons. The van der Waals surface area contributed by atoms with Crippen LogP contribution in [0.4, 0.5) is 0 Å². The summed E-state index contributed by atoms with van der Waals surface area (Å²) in [6.07, 6.45) is 7.81. The van der Waals surface area contributed by atoms with Gasteiger partial charge in [-0.25, -0.2) is 0 Å². The van der Waals surface area contributed by atoms with Gasteiger partial charge < -0.3 is 9.64 Å². The first kappa shape index (κ1) is 19.0. The molecule has 1 saturated heterocycles. The van der Waals surface area contributed by atoms with E-state index < -0.39 is 0 Å². The van der Waals surface area contributed by atoms with Gasteiger partial charge in [0.25, 0.3) is 5.91 Å². The van der Waals surface area contributed by atoms with Gasteiger partial charge in [0.05, 0.1) is 4.58 Å². The molecule has 5 heteroatoms. The Morgan fingerprint density at radius 1 is 1.08 bits per heavy atom. The van der Waals surface area contributed by atoms with Crippen molar-refractivity contribution in [3.8, 4) is 5.75 Å². The van der Waals surface area contributed by atoms with Crippen molar-refractivity contribution in [1.29, 1.82) is 0 Å². The summed E-state index contributed by atoms with van der Waals surface area (Å²) >= 11 is 4.04. The predicted octanol–water partition coefficient (Wildman–Crippen LogP) is 4.97. The fourth-order valence-corrected chi connectivity index (χ4v) is 6.41. The Balaban J connectivity index is 1.43. The molecule has 0 spiro atoms. The quantitative estimate of drug-likeness (QED) is 0.698. The maximum absolute atomic E-state index is 12.3. The monoisotopic (exact) mass is 379 g/mol. The van der Waals surface area contributed by atoms with Gasteiger partial charge in [-0.2, -0.15) is 0 Å². The summed E-state index contributed by atoms with van der Waals surface area (Å²) in [6.45, 7) is 1.01. The van der Waals surface area contributed by atoms with Gasteiger partial charge in [0.2, 0.25) is 0 Å². The van der Waals surface area contributed by atoms with Crippen LogP contribution in [0.25, 0.3) is 0 Å². The minimum absolute atomic E-state index is 0.0769. The van der Waals surface area contributed by atoms with Crippen LogP contribution in [-0.4, -0.2) is 42.5 Å². The summed E-state index contributed by atoms with van der Waals surface area (Å²) in [5.41, 5.74) is 1.35. The molecule has 1 amide bonds. The van der Waals surface area contributed by atoms with Crippen molar-refractivity contribution in [3.63, 3.8) is 0 Å². The topological polar surface area (TPSA) is 29.5 Å². The predicted molar refractivity (Wildman–Crippen MR) is 108 cm³/mol. The van der Waals surface area contributed by atoms with Crippen LogP contribution in [0.1, 0.15) is 48.7 Å². The van der Waals surface area contributed by atoms with Crippen LogP contribution in [0.15, 0.2) is 24.3 Å². The number of amides is 1. The minimum Gasteiger partial charge on any atom is -0.484 e. The molecular weight excluding hydrogens is 350 g/mol. The minimum atomic E-state index is 0.0769. The van der Waals surface area contributed by atoms with Gasteiger partial charge in [-0.15, -0.1) is 23.5 Å². The summed E-state index contributed by atoms with van der Waals surface area (Å²) in [6, 6.07) is 8.28. The molecule has 0 aromatic heterocycles. The molecule has 0 unspecified atom stereocenters. The average molecular weight is 380 g/mol. The lowest BCUT2D eigenvalue weighted by Crippen LogP contribution is -2.35. The molecule has 1 saturated carbocycles. The third-order valence-corrected chi connectivity index (χ3v) is 8.04. The van der Waals surface area contributed by atoms with E-state index >= 15 is 0 Å². The van der Waals surface area contributed by atoms with Gasteiger partial charge in [0.1, 0.15) is 5.75 Å². The van der Waals surface area contributed by atoms with E-state index in [1.807, 2.05) is 47.6 Å². The number of ether oxygens (including phenoxy) is 1. The fraction of sp³-hybridized carbons (Fsp3) is 0.650. The van der Waals surface area contributed by atoms with E-state index in [0.29, 0.717) is 10.5 Å². The third-order valence-electron chi connectivity index (χ3n) is 5.02. The molecule has 1 heterocycles. The molecule has 1 aliphatic heterocycles. The van der Waals surface area contributed by atoms with Crippen molar-refractivity contribution in [2.45, 2.75) is 43.1 Å². The zero-order valence-electron chi connectivity index (χ0n) is 15.1. The zero-order valence-corrected chi connectivity index (χ0v) is 16.7. The number of benzene rings is 1. The fourth-order valence-electron chi connectivity index (χ4n) is 3.52.